The Morgan fingerprint density at radius 3 is 2.50 bits per heavy atom. The molecule has 1 aliphatic carbocycles. The molecule has 1 aliphatic rings. The molecule has 0 spiro atoms. The van der Waals surface area contributed by atoms with Gasteiger partial charge in [0.2, 0.25) is 0 Å². The Kier molecular flexibility index (Phi) is 6.39. The predicted molar refractivity (Wildman–Crippen MR) is 112 cm³/mol. The van der Waals surface area contributed by atoms with Crippen LogP contribution in [0, 0.1) is 0 Å². The molecule has 0 radical (unpaired) electrons. The highest BCUT2D eigenvalue weighted by Gasteiger charge is 2.29. The lowest BCUT2D eigenvalue weighted by Gasteiger charge is -2.15. The number of carbonyl (C=O) groups excluding carboxylic acids is 2. The van der Waals surface area contributed by atoms with Crippen LogP contribution in [0.1, 0.15) is 66.4 Å². The number of anilines is 1. The van der Waals surface area contributed by atoms with E-state index in [1.165, 1.54) is 16.9 Å². The summed E-state index contributed by atoms with van der Waals surface area (Å²) in [4.78, 5) is 26.3. The van der Waals surface area contributed by atoms with E-state index in [-0.39, 0.29) is 11.9 Å². The molecule has 150 valence electrons. The van der Waals surface area contributed by atoms with Gasteiger partial charge in [-0.1, -0.05) is 26.0 Å². The van der Waals surface area contributed by atoms with Gasteiger partial charge < -0.3 is 14.8 Å². The molecule has 3 rings (SSSR count). The highest BCUT2D eigenvalue weighted by molar-refractivity contribution is 7.17. The Labute approximate surface area is 170 Å². The maximum Gasteiger partial charge on any atom is 0.341 e. The van der Waals surface area contributed by atoms with Gasteiger partial charge in [-0.25, -0.2) is 4.79 Å². The van der Waals surface area contributed by atoms with Gasteiger partial charge in [-0.3, -0.25) is 4.79 Å². The second-order valence-corrected chi connectivity index (χ2v) is 8.36. The van der Waals surface area contributed by atoms with Crippen molar-refractivity contribution in [2.45, 2.75) is 59.0 Å². The van der Waals surface area contributed by atoms with Crippen molar-refractivity contribution in [1.29, 1.82) is 0 Å². The van der Waals surface area contributed by atoms with Crippen LogP contribution in [0.4, 0.5) is 5.00 Å². The fraction of sp³-hybridized carbons (Fsp3) is 0.455. The number of benzene rings is 1. The Balaban J connectivity index is 1.71. The largest absolute Gasteiger partial charge is 0.481 e. The summed E-state index contributed by atoms with van der Waals surface area (Å²) in [6.45, 7) is 8.06. The summed E-state index contributed by atoms with van der Waals surface area (Å²) in [5.74, 6) is 0.441. The smallest absolute Gasteiger partial charge is 0.341 e. The lowest BCUT2D eigenvalue weighted by molar-refractivity contribution is -0.122. The van der Waals surface area contributed by atoms with Gasteiger partial charge in [-0.05, 0) is 62.3 Å². The topological polar surface area (TPSA) is 64.6 Å². The molecule has 6 heteroatoms. The first-order valence-corrected chi connectivity index (χ1v) is 10.6. The Morgan fingerprint density at radius 1 is 1.14 bits per heavy atom. The lowest BCUT2D eigenvalue weighted by atomic mass is 10.0. The molecule has 2 aromatic rings. The van der Waals surface area contributed by atoms with E-state index in [1.807, 2.05) is 24.3 Å². The van der Waals surface area contributed by atoms with Crippen LogP contribution in [0.25, 0.3) is 0 Å². The maximum absolute atomic E-state index is 12.7. The summed E-state index contributed by atoms with van der Waals surface area (Å²) in [6, 6.07) is 7.77. The summed E-state index contributed by atoms with van der Waals surface area (Å²) >= 11 is 1.47. The van der Waals surface area contributed by atoms with Crippen molar-refractivity contribution in [3.8, 4) is 5.75 Å². The van der Waals surface area contributed by atoms with Crippen molar-refractivity contribution in [3.05, 3.63) is 45.8 Å². The third-order valence-electron chi connectivity index (χ3n) is 4.87. The number of esters is 1. The number of fused-ring (bicyclic) bond motifs is 1. The van der Waals surface area contributed by atoms with Gasteiger partial charge >= 0.3 is 5.97 Å². The molecule has 1 heterocycles. The third kappa shape index (κ3) is 4.38. The highest BCUT2D eigenvalue weighted by Crippen LogP contribution is 2.39. The summed E-state index contributed by atoms with van der Waals surface area (Å²) in [5.41, 5.74) is 2.76. The van der Waals surface area contributed by atoms with Crippen molar-refractivity contribution < 1.29 is 19.1 Å². The van der Waals surface area contributed by atoms with E-state index >= 15 is 0 Å². The maximum atomic E-state index is 12.7. The minimum Gasteiger partial charge on any atom is -0.481 e. The zero-order chi connectivity index (χ0) is 20.3. The standard InChI is InChI=1S/C22H27NO4S/c1-5-26-22(25)19-17-7-6-8-18(17)28-21(19)23-20(24)14(4)27-16-11-9-15(10-12-16)13(2)3/h9-14H,5-8H2,1-4H3,(H,23,24). The molecule has 0 fully saturated rings. The first-order valence-electron chi connectivity index (χ1n) is 9.79. The Hall–Kier alpha value is -2.34. The van der Waals surface area contributed by atoms with Gasteiger partial charge in [0.1, 0.15) is 10.8 Å². The zero-order valence-corrected chi connectivity index (χ0v) is 17.7. The number of ether oxygens (including phenoxy) is 2. The molecule has 1 amide bonds. The molecule has 0 bridgehead atoms. The van der Waals surface area contributed by atoms with Crippen LogP contribution >= 0.6 is 11.3 Å². The molecule has 5 nitrogen and oxygen atoms in total. The number of rotatable bonds is 7. The van der Waals surface area contributed by atoms with Gasteiger partial charge in [-0.2, -0.15) is 0 Å². The first-order chi connectivity index (χ1) is 13.4. The number of carbonyl (C=O) groups is 2. The number of aryl methyl sites for hydroxylation is 1. The average Bonchev–Trinajstić information content (AvgIpc) is 3.22. The predicted octanol–water partition coefficient (Wildman–Crippen LogP) is 4.94. The Morgan fingerprint density at radius 2 is 1.86 bits per heavy atom. The van der Waals surface area contributed by atoms with Gasteiger partial charge in [0.25, 0.3) is 5.91 Å². The van der Waals surface area contributed by atoms with E-state index in [2.05, 4.69) is 19.2 Å². The van der Waals surface area contributed by atoms with Gasteiger partial charge in [0.15, 0.2) is 6.10 Å². The molecule has 0 aliphatic heterocycles. The molecule has 1 atom stereocenters. The van der Waals surface area contributed by atoms with Gasteiger partial charge in [0.05, 0.1) is 12.2 Å². The van der Waals surface area contributed by atoms with Crippen LogP contribution in [0.3, 0.4) is 0 Å². The van der Waals surface area contributed by atoms with Crippen LogP contribution in [0.15, 0.2) is 24.3 Å². The normalized spacial score (nSPS) is 13.9. The van der Waals surface area contributed by atoms with Gasteiger partial charge in [0, 0.05) is 4.88 Å². The lowest BCUT2D eigenvalue weighted by Crippen LogP contribution is -2.30. The minimum atomic E-state index is -0.683. The molecular formula is C22H27NO4S. The SMILES string of the molecule is CCOC(=O)c1c(NC(=O)C(C)Oc2ccc(C(C)C)cc2)sc2c1CCC2. The fourth-order valence-electron chi connectivity index (χ4n) is 3.31. The highest BCUT2D eigenvalue weighted by atomic mass is 32.1. The van der Waals surface area contributed by atoms with Crippen molar-refractivity contribution in [1.82, 2.24) is 0 Å². The second kappa shape index (κ2) is 8.78. The van der Waals surface area contributed by atoms with Crippen molar-refractivity contribution in [2.24, 2.45) is 0 Å². The number of hydrogen-bond donors (Lipinski definition) is 1. The molecule has 1 aromatic heterocycles. The monoisotopic (exact) mass is 401 g/mol. The zero-order valence-electron chi connectivity index (χ0n) is 16.8. The van der Waals surface area contributed by atoms with Crippen LogP contribution in [-0.2, 0) is 22.4 Å². The van der Waals surface area contributed by atoms with E-state index in [9.17, 15) is 9.59 Å². The molecule has 28 heavy (non-hydrogen) atoms. The van der Waals surface area contributed by atoms with Crippen LogP contribution in [0.2, 0.25) is 0 Å². The molecule has 1 aromatic carbocycles. The molecule has 0 saturated carbocycles. The number of nitrogens with one attached hydrogen (secondary N) is 1. The van der Waals surface area contributed by atoms with E-state index in [0.29, 0.717) is 28.8 Å². The van der Waals surface area contributed by atoms with Crippen molar-refractivity contribution in [3.63, 3.8) is 0 Å². The first kappa shape index (κ1) is 20.4. The molecular weight excluding hydrogens is 374 g/mol. The fourth-order valence-corrected chi connectivity index (χ4v) is 4.59. The van der Waals surface area contributed by atoms with E-state index < -0.39 is 6.10 Å². The summed E-state index contributed by atoms with van der Waals surface area (Å²) in [6.07, 6.45) is 2.14. The number of thiophene rings is 1. The summed E-state index contributed by atoms with van der Waals surface area (Å²) in [5, 5.41) is 3.45. The quantitative estimate of drug-likeness (QED) is 0.667. The number of amides is 1. The van der Waals surface area contributed by atoms with E-state index in [1.54, 1.807) is 13.8 Å². The second-order valence-electron chi connectivity index (χ2n) is 7.26. The van der Waals surface area contributed by atoms with Gasteiger partial charge in [-0.15, -0.1) is 11.3 Å². The van der Waals surface area contributed by atoms with Crippen LogP contribution < -0.4 is 10.1 Å². The van der Waals surface area contributed by atoms with E-state index in [4.69, 9.17) is 9.47 Å². The number of hydrogen-bond acceptors (Lipinski definition) is 5. The van der Waals surface area contributed by atoms with Crippen LogP contribution in [0.5, 0.6) is 5.75 Å². The van der Waals surface area contributed by atoms with E-state index in [0.717, 1.165) is 29.7 Å². The van der Waals surface area contributed by atoms with Crippen LogP contribution in [-0.4, -0.2) is 24.6 Å². The molecule has 1 unspecified atom stereocenters. The molecule has 0 saturated heterocycles. The molecule has 1 N–H and O–H groups in total. The summed E-state index contributed by atoms with van der Waals surface area (Å²) < 4.78 is 11.0. The van der Waals surface area contributed by atoms with Crippen molar-refractivity contribution >= 4 is 28.2 Å². The third-order valence-corrected chi connectivity index (χ3v) is 6.07. The minimum absolute atomic E-state index is 0.279. The summed E-state index contributed by atoms with van der Waals surface area (Å²) in [7, 11) is 0. The van der Waals surface area contributed by atoms with Crippen molar-refractivity contribution in [2.75, 3.05) is 11.9 Å². The Bertz CT molecular complexity index is 854. The average molecular weight is 402 g/mol.